The van der Waals surface area contributed by atoms with Crippen molar-refractivity contribution in [3.8, 4) is 28.6 Å². The minimum atomic E-state index is -0.981. The molecule has 1 unspecified atom stereocenters. The Morgan fingerprint density at radius 1 is 1.27 bits per heavy atom. The lowest BCUT2D eigenvalue weighted by molar-refractivity contribution is 0.682. The predicted octanol–water partition coefficient (Wildman–Crippen LogP) is 3.30. The van der Waals surface area contributed by atoms with E-state index in [2.05, 4.69) is 32.9 Å². The van der Waals surface area contributed by atoms with Gasteiger partial charge in [-0.2, -0.15) is 5.26 Å². The molecule has 2 N–H and O–H groups in total. The third-order valence-corrected chi connectivity index (χ3v) is 7.45. The van der Waals surface area contributed by atoms with Gasteiger partial charge in [-0.3, -0.25) is 4.21 Å². The van der Waals surface area contributed by atoms with Gasteiger partial charge in [-0.05, 0) is 19.4 Å². The second kappa shape index (κ2) is 9.82. The molecule has 0 fully saturated rings. The summed E-state index contributed by atoms with van der Waals surface area (Å²) in [7, 11) is 0.919. The van der Waals surface area contributed by atoms with Crippen LogP contribution >= 0.6 is 11.8 Å². The second-order valence-corrected chi connectivity index (χ2v) is 9.59. The molecule has 0 saturated heterocycles. The van der Waals surface area contributed by atoms with Crippen molar-refractivity contribution < 1.29 is 4.21 Å². The number of rotatable bonds is 8. The van der Waals surface area contributed by atoms with Crippen LogP contribution in [-0.2, 0) is 17.8 Å². The number of nitrogen functional groups attached to an aromatic ring is 1. The molecule has 8 nitrogen and oxygen atoms in total. The van der Waals surface area contributed by atoms with E-state index in [1.807, 2.05) is 24.6 Å². The van der Waals surface area contributed by atoms with Crippen LogP contribution in [0, 0.1) is 18.3 Å². The van der Waals surface area contributed by atoms with Crippen molar-refractivity contribution in [3.05, 3.63) is 36.0 Å². The van der Waals surface area contributed by atoms with Crippen LogP contribution in [0.3, 0.4) is 0 Å². The van der Waals surface area contributed by atoms with E-state index in [4.69, 9.17) is 5.73 Å². The second-order valence-electron chi connectivity index (χ2n) is 6.69. The highest BCUT2D eigenvalue weighted by atomic mass is 32.2. The molecule has 1 atom stereocenters. The Bertz CT molecular complexity index is 1100. The molecule has 3 aromatic rings. The van der Waals surface area contributed by atoms with Gasteiger partial charge in [0.1, 0.15) is 16.9 Å². The Hall–Kier alpha value is -2.77. The van der Waals surface area contributed by atoms with Crippen LogP contribution in [0.5, 0.6) is 0 Å². The summed E-state index contributed by atoms with van der Waals surface area (Å²) in [6, 6.07) is 4.11. The maximum Gasteiger partial charge on any atom is 0.219 e. The van der Waals surface area contributed by atoms with E-state index >= 15 is 0 Å². The van der Waals surface area contributed by atoms with Crippen LogP contribution in [0.25, 0.3) is 22.5 Å². The Labute approximate surface area is 182 Å². The average molecular weight is 442 g/mol. The van der Waals surface area contributed by atoms with Crippen molar-refractivity contribution in [3.63, 3.8) is 0 Å². The van der Waals surface area contributed by atoms with Gasteiger partial charge in [0.15, 0.2) is 0 Å². The van der Waals surface area contributed by atoms with Crippen LogP contribution < -0.4 is 5.73 Å². The van der Waals surface area contributed by atoms with Crippen LogP contribution in [0.1, 0.15) is 31.2 Å². The standard InChI is InChI=1S/C20H23N7OS2/c1-4-5-6-30(28)12-29-19-16(8-21)15(18-11-23-13(2)27(18)3)7-17(26-19)14-9-24-20(22)25-10-14/h7,9-11H,4-6,12H2,1-3H3,(H2,22,24,25). The number of aryl methyl sites for hydroxylation is 1. The van der Waals surface area contributed by atoms with Crippen LogP contribution in [0.15, 0.2) is 29.7 Å². The quantitative estimate of drug-likeness (QED) is 0.528. The molecule has 30 heavy (non-hydrogen) atoms. The fourth-order valence-corrected chi connectivity index (χ4v) is 5.31. The van der Waals surface area contributed by atoms with E-state index in [0.29, 0.717) is 38.2 Å². The number of unbranched alkanes of at least 4 members (excludes halogenated alkanes) is 1. The maximum absolute atomic E-state index is 12.3. The minimum Gasteiger partial charge on any atom is -0.368 e. The zero-order chi connectivity index (χ0) is 21.7. The molecule has 156 valence electrons. The highest BCUT2D eigenvalue weighted by Gasteiger charge is 2.19. The predicted molar refractivity (Wildman–Crippen MR) is 120 cm³/mol. The summed E-state index contributed by atoms with van der Waals surface area (Å²) in [4.78, 5) is 17.1. The Morgan fingerprint density at radius 2 is 2.00 bits per heavy atom. The van der Waals surface area contributed by atoms with E-state index in [9.17, 15) is 9.47 Å². The summed E-state index contributed by atoms with van der Waals surface area (Å²) in [6.07, 6.45) is 6.84. The lowest BCUT2D eigenvalue weighted by Crippen LogP contribution is -2.03. The monoisotopic (exact) mass is 441 g/mol. The summed E-state index contributed by atoms with van der Waals surface area (Å²) >= 11 is 1.33. The van der Waals surface area contributed by atoms with Gasteiger partial charge in [0.2, 0.25) is 5.95 Å². The Morgan fingerprint density at radius 3 is 2.60 bits per heavy atom. The Kier molecular flexibility index (Phi) is 7.18. The molecular formula is C20H23N7OS2. The lowest BCUT2D eigenvalue weighted by atomic mass is 10.0. The minimum absolute atomic E-state index is 0.177. The number of pyridine rings is 1. The summed E-state index contributed by atoms with van der Waals surface area (Å²) < 4.78 is 14.2. The lowest BCUT2D eigenvalue weighted by Gasteiger charge is -2.13. The molecule has 3 aromatic heterocycles. The first-order valence-corrected chi connectivity index (χ1v) is 11.9. The van der Waals surface area contributed by atoms with E-state index in [-0.39, 0.29) is 5.95 Å². The first-order valence-electron chi connectivity index (χ1n) is 9.44. The highest BCUT2D eigenvalue weighted by Crippen LogP contribution is 2.34. The first kappa shape index (κ1) is 21.9. The molecule has 0 bridgehead atoms. The number of thioether (sulfide) groups is 1. The highest BCUT2D eigenvalue weighted by molar-refractivity contribution is 8.10. The van der Waals surface area contributed by atoms with Gasteiger partial charge >= 0.3 is 0 Å². The molecular weight excluding hydrogens is 418 g/mol. The fraction of sp³-hybridized carbons (Fsp3) is 0.350. The first-order chi connectivity index (χ1) is 14.4. The zero-order valence-corrected chi connectivity index (χ0v) is 18.8. The molecule has 0 aliphatic heterocycles. The Balaban J connectivity index is 2.09. The molecule has 3 heterocycles. The van der Waals surface area contributed by atoms with E-state index in [0.717, 1.165) is 24.4 Å². The molecule has 0 saturated carbocycles. The molecule has 10 heteroatoms. The molecule has 0 spiro atoms. The maximum atomic E-state index is 12.3. The van der Waals surface area contributed by atoms with Crippen molar-refractivity contribution in [1.82, 2.24) is 24.5 Å². The van der Waals surface area contributed by atoms with Crippen molar-refractivity contribution >= 4 is 28.5 Å². The number of nitriles is 1. The van der Waals surface area contributed by atoms with Crippen LogP contribution in [0.4, 0.5) is 5.95 Å². The largest absolute Gasteiger partial charge is 0.368 e. The number of anilines is 1. The zero-order valence-electron chi connectivity index (χ0n) is 17.1. The number of imidazole rings is 1. The number of nitrogens with two attached hydrogens (primary N) is 1. The smallest absolute Gasteiger partial charge is 0.219 e. The van der Waals surface area contributed by atoms with Crippen molar-refractivity contribution in [2.75, 3.05) is 16.6 Å². The number of hydrogen-bond donors (Lipinski definition) is 1. The van der Waals surface area contributed by atoms with Crippen molar-refractivity contribution in [2.45, 2.75) is 31.7 Å². The molecule has 0 aliphatic rings. The van der Waals surface area contributed by atoms with Gasteiger partial charge in [0, 0.05) is 47.1 Å². The van der Waals surface area contributed by atoms with Crippen LogP contribution in [-0.4, -0.2) is 39.5 Å². The molecule has 0 aromatic carbocycles. The van der Waals surface area contributed by atoms with E-state index in [1.165, 1.54) is 11.8 Å². The van der Waals surface area contributed by atoms with E-state index in [1.54, 1.807) is 18.6 Å². The molecule has 0 amide bonds. The van der Waals surface area contributed by atoms with E-state index < -0.39 is 10.8 Å². The molecule has 3 rings (SSSR count). The van der Waals surface area contributed by atoms with Crippen molar-refractivity contribution in [1.29, 1.82) is 5.26 Å². The number of nitrogens with zero attached hydrogens (tertiary/aromatic N) is 6. The molecule has 0 radical (unpaired) electrons. The van der Waals surface area contributed by atoms with Gasteiger partial charge in [0.25, 0.3) is 0 Å². The number of aromatic nitrogens is 5. The topological polar surface area (TPSA) is 123 Å². The summed E-state index contributed by atoms with van der Waals surface area (Å²) in [5.74, 6) is 1.65. The van der Waals surface area contributed by atoms with Gasteiger partial charge < -0.3 is 10.3 Å². The number of hydrogen-bond acceptors (Lipinski definition) is 8. The third-order valence-electron chi connectivity index (χ3n) is 4.61. The van der Waals surface area contributed by atoms with Gasteiger partial charge in [-0.25, -0.2) is 19.9 Å². The normalized spacial score (nSPS) is 11.9. The van der Waals surface area contributed by atoms with Gasteiger partial charge in [-0.15, -0.1) is 0 Å². The SMILES string of the molecule is CCCCS(=O)CSc1nc(-c2cnc(N)nc2)cc(-c2cnc(C)n2C)c1C#N. The summed E-state index contributed by atoms with van der Waals surface area (Å²) in [6.45, 7) is 3.97. The molecule has 0 aliphatic carbocycles. The summed E-state index contributed by atoms with van der Waals surface area (Å²) in [5.41, 5.74) is 8.86. The van der Waals surface area contributed by atoms with Crippen molar-refractivity contribution in [2.24, 2.45) is 7.05 Å². The fourth-order valence-electron chi connectivity index (χ4n) is 2.79. The van der Waals surface area contributed by atoms with Crippen LogP contribution in [0.2, 0.25) is 0 Å². The summed E-state index contributed by atoms with van der Waals surface area (Å²) in [5, 5.41) is 10.8. The third kappa shape index (κ3) is 4.86. The average Bonchev–Trinajstić information content (AvgIpc) is 3.08. The van der Waals surface area contributed by atoms with Gasteiger partial charge in [0.05, 0.1) is 28.2 Å². The van der Waals surface area contributed by atoms with Gasteiger partial charge in [-0.1, -0.05) is 25.1 Å².